The van der Waals surface area contributed by atoms with Gasteiger partial charge in [-0.1, -0.05) is 54.6 Å². The Bertz CT molecular complexity index is 868. The normalized spacial score (nSPS) is 24.9. The molecule has 1 aliphatic carbocycles. The van der Waals surface area contributed by atoms with Crippen LogP contribution in [0.3, 0.4) is 0 Å². The van der Waals surface area contributed by atoms with Crippen molar-refractivity contribution in [2.45, 2.75) is 63.3 Å². The zero-order valence-corrected chi connectivity index (χ0v) is 19.3. The number of sulfonamides is 1. The molecule has 1 saturated carbocycles. The Kier molecular flexibility index (Phi) is 10.6. The fourth-order valence-electron chi connectivity index (χ4n) is 4.03. The van der Waals surface area contributed by atoms with Gasteiger partial charge in [0.1, 0.15) is 0 Å². The van der Waals surface area contributed by atoms with Gasteiger partial charge in [-0.05, 0) is 43.6 Å². The number of aliphatic hydroxyl groups is 3. The molecule has 2 rings (SSSR count). The van der Waals surface area contributed by atoms with Gasteiger partial charge in [-0.2, -0.15) is 0 Å². The third-order valence-electron chi connectivity index (χ3n) is 5.69. The van der Waals surface area contributed by atoms with Gasteiger partial charge in [0.05, 0.1) is 24.6 Å². The quantitative estimate of drug-likeness (QED) is 0.277. The predicted octanol–water partition coefficient (Wildman–Crippen LogP) is 2.09. The lowest BCUT2D eigenvalue weighted by Crippen LogP contribution is -2.28. The van der Waals surface area contributed by atoms with Crippen LogP contribution in [0.25, 0.3) is 0 Å². The van der Waals surface area contributed by atoms with Crippen molar-refractivity contribution >= 4 is 15.9 Å². The highest BCUT2D eigenvalue weighted by Crippen LogP contribution is 2.36. The van der Waals surface area contributed by atoms with E-state index in [0.29, 0.717) is 32.1 Å². The van der Waals surface area contributed by atoms with Crippen LogP contribution in [-0.2, 0) is 21.2 Å². The van der Waals surface area contributed by atoms with Gasteiger partial charge in [0.15, 0.2) is 0 Å². The highest BCUT2D eigenvalue weighted by Gasteiger charge is 2.39. The molecule has 0 saturated heterocycles. The topological polar surface area (TPSA) is 124 Å². The molecule has 0 bridgehead atoms. The molecule has 1 aromatic carbocycles. The minimum atomic E-state index is -3.52. The average molecular weight is 466 g/mol. The maximum Gasteiger partial charge on any atom is 0.233 e. The van der Waals surface area contributed by atoms with E-state index >= 15 is 0 Å². The van der Waals surface area contributed by atoms with Crippen molar-refractivity contribution in [1.29, 1.82) is 0 Å². The van der Waals surface area contributed by atoms with E-state index in [9.17, 15) is 28.5 Å². The number of rotatable bonds is 12. The van der Waals surface area contributed by atoms with Gasteiger partial charge in [-0.3, -0.25) is 9.52 Å². The van der Waals surface area contributed by atoms with Crippen molar-refractivity contribution in [2.24, 2.45) is 11.8 Å². The molecular weight excluding hydrogens is 430 g/mol. The molecule has 1 aromatic rings. The first-order chi connectivity index (χ1) is 15.2. The molecule has 7 nitrogen and oxygen atoms in total. The SMILES string of the molecule is CS(=O)(=O)NC(=O)CCC/C=C/C[C@@H]1[C@@H](/C=C/[C@@H](O)CCc2ccccc2)[C@H](O)C[C@@H]1O. The Morgan fingerprint density at radius 3 is 2.59 bits per heavy atom. The summed E-state index contributed by atoms with van der Waals surface area (Å²) in [6, 6.07) is 9.94. The molecular formula is C24H35NO6S. The first-order valence-electron chi connectivity index (χ1n) is 11.1. The van der Waals surface area contributed by atoms with Gasteiger partial charge in [-0.15, -0.1) is 0 Å². The van der Waals surface area contributed by atoms with Crippen LogP contribution in [0.1, 0.15) is 44.1 Å². The standard InChI is InChI=1S/C24H35NO6S/c1-32(30,31)25-24(29)12-8-3-2-7-11-20-21(23(28)17-22(20)27)16-15-19(26)14-13-18-9-5-4-6-10-18/h2,4-7,9-10,15-16,19-23,26-28H,3,8,11-14,17H2,1H3,(H,25,29)/b7-2+,16-15+/t19-,20+,21+,22-,23+/m0/s1. The Morgan fingerprint density at radius 1 is 1.19 bits per heavy atom. The number of nitrogens with one attached hydrogen (secondary N) is 1. The molecule has 0 unspecified atom stereocenters. The third-order valence-corrected chi connectivity index (χ3v) is 6.29. The van der Waals surface area contributed by atoms with Gasteiger partial charge in [0, 0.05) is 18.8 Å². The Balaban J connectivity index is 1.77. The fraction of sp³-hybridized carbons (Fsp3) is 0.542. The molecule has 0 radical (unpaired) electrons. The summed E-state index contributed by atoms with van der Waals surface area (Å²) >= 11 is 0. The van der Waals surface area contributed by atoms with Crippen LogP contribution in [0, 0.1) is 11.8 Å². The average Bonchev–Trinajstić information content (AvgIpc) is 2.99. The largest absolute Gasteiger partial charge is 0.393 e. The lowest BCUT2D eigenvalue weighted by molar-refractivity contribution is -0.119. The maximum atomic E-state index is 11.5. The van der Waals surface area contributed by atoms with E-state index in [0.717, 1.165) is 18.2 Å². The number of carbonyl (C=O) groups is 1. The number of hydrogen-bond donors (Lipinski definition) is 4. The molecule has 1 amide bonds. The smallest absolute Gasteiger partial charge is 0.233 e. The molecule has 8 heteroatoms. The summed E-state index contributed by atoms with van der Waals surface area (Å²) in [5, 5.41) is 30.9. The lowest BCUT2D eigenvalue weighted by Gasteiger charge is -2.19. The second-order valence-corrected chi connectivity index (χ2v) is 10.2. The zero-order valence-electron chi connectivity index (χ0n) is 18.5. The minimum Gasteiger partial charge on any atom is -0.393 e. The minimum absolute atomic E-state index is 0.119. The van der Waals surface area contributed by atoms with Crippen molar-refractivity contribution in [3.8, 4) is 0 Å². The second kappa shape index (κ2) is 12.9. The number of benzene rings is 1. The van der Waals surface area contributed by atoms with Crippen LogP contribution < -0.4 is 4.72 Å². The molecule has 178 valence electrons. The predicted molar refractivity (Wildman–Crippen MR) is 124 cm³/mol. The van der Waals surface area contributed by atoms with Gasteiger partial charge in [0.2, 0.25) is 15.9 Å². The summed E-state index contributed by atoms with van der Waals surface area (Å²) in [6.45, 7) is 0. The van der Waals surface area contributed by atoms with Crippen LogP contribution >= 0.6 is 0 Å². The highest BCUT2D eigenvalue weighted by atomic mass is 32.2. The number of unbranched alkanes of at least 4 members (excludes halogenated alkanes) is 1. The van der Waals surface area contributed by atoms with E-state index in [2.05, 4.69) is 0 Å². The van der Waals surface area contributed by atoms with E-state index in [1.807, 2.05) is 53.3 Å². The molecule has 0 spiro atoms. The zero-order chi connectivity index (χ0) is 23.6. The molecule has 1 aliphatic rings. The summed E-state index contributed by atoms with van der Waals surface area (Å²) < 4.78 is 23.9. The Hall–Kier alpha value is -2.00. The van der Waals surface area contributed by atoms with Crippen molar-refractivity contribution in [3.63, 3.8) is 0 Å². The van der Waals surface area contributed by atoms with Crippen LogP contribution in [0.5, 0.6) is 0 Å². The number of aliphatic hydroxyl groups excluding tert-OH is 3. The van der Waals surface area contributed by atoms with Crippen molar-refractivity contribution in [3.05, 3.63) is 60.2 Å². The lowest BCUT2D eigenvalue weighted by atomic mass is 9.89. The van der Waals surface area contributed by atoms with Crippen LogP contribution in [-0.4, -0.2) is 54.2 Å². The van der Waals surface area contributed by atoms with Crippen molar-refractivity contribution in [2.75, 3.05) is 6.26 Å². The summed E-state index contributed by atoms with van der Waals surface area (Å²) in [5.41, 5.74) is 1.16. The van der Waals surface area contributed by atoms with E-state index in [-0.39, 0.29) is 18.3 Å². The summed E-state index contributed by atoms with van der Waals surface area (Å²) in [7, 11) is -3.52. The van der Waals surface area contributed by atoms with Crippen LogP contribution in [0.15, 0.2) is 54.6 Å². The fourth-order valence-corrected chi connectivity index (χ4v) is 4.54. The van der Waals surface area contributed by atoms with E-state index in [1.54, 1.807) is 6.08 Å². The number of carbonyl (C=O) groups excluding carboxylic acids is 1. The van der Waals surface area contributed by atoms with Gasteiger partial charge in [-0.25, -0.2) is 8.42 Å². The molecule has 5 atom stereocenters. The van der Waals surface area contributed by atoms with Gasteiger partial charge < -0.3 is 15.3 Å². The van der Waals surface area contributed by atoms with E-state index < -0.39 is 34.2 Å². The molecule has 32 heavy (non-hydrogen) atoms. The number of amides is 1. The van der Waals surface area contributed by atoms with Gasteiger partial charge >= 0.3 is 0 Å². The number of hydrogen-bond acceptors (Lipinski definition) is 6. The van der Waals surface area contributed by atoms with Crippen molar-refractivity contribution in [1.82, 2.24) is 4.72 Å². The Labute approximate surface area is 190 Å². The second-order valence-electron chi connectivity index (χ2n) is 8.48. The maximum absolute atomic E-state index is 11.5. The molecule has 0 heterocycles. The van der Waals surface area contributed by atoms with Crippen LogP contribution in [0.4, 0.5) is 0 Å². The number of allylic oxidation sites excluding steroid dienone is 2. The molecule has 4 N–H and O–H groups in total. The highest BCUT2D eigenvalue weighted by molar-refractivity contribution is 7.89. The van der Waals surface area contributed by atoms with Crippen molar-refractivity contribution < 1.29 is 28.5 Å². The molecule has 1 fully saturated rings. The Morgan fingerprint density at radius 2 is 1.91 bits per heavy atom. The third kappa shape index (κ3) is 9.65. The monoisotopic (exact) mass is 465 g/mol. The first kappa shape index (κ1) is 26.3. The van der Waals surface area contributed by atoms with E-state index in [4.69, 9.17) is 0 Å². The van der Waals surface area contributed by atoms with Gasteiger partial charge in [0.25, 0.3) is 0 Å². The van der Waals surface area contributed by atoms with E-state index in [1.165, 1.54) is 0 Å². The first-order valence-corrected chi connectivity index (χ1v) is 13.0. The summed E-state index contributed by atoms with van der Waals surface area (Å²) in [6.07, 6.45) is 9.90. The number of aryl methyl sites for hydroxylation is 1. The summed E-state index contributed by atoms with van der Waals surface area (Å²) in [4.78, 5) is 11.5. The molecule has 0 aromatic heterocycles. The van der Waals surface area contributed by atoms with Crippen LogP contribution in [0.2, 0.25) is 0 Å². The summed E-state index contributed by atoms with van der Waals surface area (Å²) in [5.74, 6) is -0.903. The molecule has 0 aliphatic heterocycles.